The van der Waals surface area contributed by atoms with Gasteiger partial charge in [0.15, 0.2) is 0 Å². The summed E-state index contributed by atoms with van der Waals surface area (Å²) in [7, 11) is 0. The number of nitrogens with one attached hydrogen (secondary N) is 1. The second kappa shape index (κ2) is 9.60. The largest absolute Gasteiger partial charge is 0.353 e. The smallest absolute Gasteiger partial charge is 0.237 e. The minimum absolute atomic E-state index is 0.0823. The number of thiophene rings is 1. The molecule has 0 unspecified atom stereocenters. The van der Waals surface area contributed by atoms with Gasteiger partial charge in [-0.3, -0.25) is 9.69 Å². The van der Waals surface area contributed by atoms with Gasteiger partial charge >= 0.3 is 0 Å². The normalized spacial score (nSPS) is 18.0. The van der Waals surface area contributed by atoms with Crippen molar-refractivity contribution < 1.29 is 4.79 Å². The van der Waals surface area contributed by atoms with Crippen LogP contribution in [0.2, 0.25) is 0 Å². The van der Waals surface area contributed by atoms with Crippen molar-refractivity contribution in [2.24, 2.45) is 0 Å². The molecule has 6 nitrogen and oxygen atoms in total. The van der Waals surface area contributed by atoms with Gasteiger partial charge in [-0.2, -0.15) is 0 Å². The van der Waals surface area contributed by atoms with Crippen LogP contribution in [0.3, 0.4) is 0 Å². The van der Waals surface area contributed by atoms with Gasteiger partial charge in [0.05, 0.1) is 17.2 Å². The second-order valence-electron chi connectivity index (χ2n) is 9.01. The molecule has 2 aromatic heterocycles. The number of fused-ring (bicyclic) bond motifs is 1. The van der Waals surface area contributed by atoms with Gasteiger partial charge in [0.2, 0.25) is 5.91 Å². The average Bonchev–Trinajstić information content (AvgIpc) is 3.61. The van der Waals surface area contributed by atoms with E-state index in [2.05, 4.69) is 53.2 Å². The zero-order chi connectivity index (χ0) is 22.9. The van der Waals surface area contributed by atoms with Gasteiger partial charge in [-0.25, -0.2) is 9.97 Å². The van der Waals surface area contributed by atoms with E-state index in [1.54, 1.807) is 23.1 Å². The summed E-state index contributed by atoms with van der Waals surface area (Å²) in [4.78, 5) is 30.8. The van der Waals surface area contributed by atoms with Crippen LogP contribution in [0.4, 0.5) is 5.82 Å². The third-order valence-corrected chi connectivity index (χ3v) is 8.74. The molecule has 1 saturated heterocycles. The first-order valence-corrected chi connectivity index (χ1v) is 13.5. The summed E-state index contributed by atoms with van der Waals surface area (Å²) < 4.78 is 0. The van der Waals surface area contributed by atoms with Crippen molar-refractivity contribution in [3.63, 3.8) is 0 Å². The lowest BCUT2D eigenvalue weighted by molar-refractivity contribution is -0.126. The Morgan fingerprint density at radius 3 is 2.58 bits per heavy atom. The van der Waals surface area contributed by atoms with Crippen molar-refractivity contribution in [1.82, 2.24) is 20.2 Å². The van der Waals surface area contributed by atoms with Crippen molar-refractivity contribution in [2.45, 2.75) is 56.3 Å². The van der Waals surface area contributed by atoms with E-state index in [1.807, 2.05) is 13.0 Å². The molecule has 1 saturated carbocycles. The van der Waals surface area contributed by atoms with Gasteiger partial charge in [-0.05, 0) is 51.3 Å². The number of anilines is 1. The fourth-order valence-electron chi connectivity index (χ4n) is 4.27. The highest BCUT2D eigenvalue weighted by Gasteiger charge is 2.31. The number of carbonyl (C=O) groups excluding carboxylic acids is 1. The zero-order valence-electron chi connectivity index (χ0n) is 19.5. The summed E-state index contributed by atoms with van der Waals surface area (Å²) in [5.41, 5.74) is 1.28. The van der Waals surface area contributed by atoms with Crippen LogP contribution in [0.15, 0.2) is 35.2 Å². The number of piperazine rings is 1. The van der Waals surface area contributed by atoms with Crippen LogP contribution >= 0.6 is 23.1 Å². The molecule has 0 spiro atoms. The van der Waals surface area contributed by atoms with Crippen LogP contribution in [-0.4, -0.2) is 59.0 Å². The number of hydrogen-bond donors (Lipinski definition) is 1. The third-order valence-electron chi connectivity index (χ3n) is 6.63. The van der Waals surface area contributed by atoms with Crippen LogP contribution in [0, 0.1) is 13.8 Å². The van der Waals surface area contributed by atoms with Gasteiger partial charge in [0, 0.05) is 42.0 Å². The standard InChI is InChI=1S/C25H31N5OS2/c1-16-18(3)33-25-22(16)23(27-21(28-25)15-32-20-7-5-4-6-8-20)30-13-11-29(12-14-30)17(2)24(31)26-19-9-10-19/h4-8,17,19H,9-15H2,1-3H3,(H,26,31)/t17-/m0/s1. The Hall–Kier alpha value is -2.16. The highest BCUT2D eigenvalue weighted by Crippen LogP contribution is 2.36. The molecule has 1 N–H and O–H groups in total. The molecular formula is C25H31N5OS2. The van der Waals surface area contributed by atoms with Gasteiger partial charge < -0.3 is 10.2 Å². The lowest BCUT2D eigenvalue weighted by atomic mass is 10.1. The average molecular weight is 482 g/mol. The van der Waals surface area contributed by atoms with Gasteiger partial charge in [-0.1, -0.05) is 18.2 Å². The summed E-state index contributed by atoms with van der Waals surface area (Å²) in [5.74, 6) is 2.86. The molecule has 1 amide bonds. The number of aromatic nitrogens is 2. The number of rotatable bonds is 7. The Labute approximate surface area is 203 Å². The van der Waals surface area contributed by atoms with Crippen molar-refractivity contribution in [3.8, 4) is 0 Å². The number of aryl methyl sites for hydroxylation is 2. The van der Waals surface area contributed by atoms with E-state index < -0.39 is 0 Å². The van der Waals surface area contributed by atoms with Crippen molar-refractivity contribution in [1.29, 1.82) is 0 Å². The number of hydrogen-bond acceptors (Lipinski definition) is 7. The molecule has 1 aliphatic heterocycles. The van der Waals surface area contributed by atoms with E-state index in [1.165, 1.54) is 20.7 Å². The SMILES string of the molecule is Cc1sc2nc(CSc3ccccc3)nc(N3CCN([C@@H](C)C(=O)NC4CC4)CC3)c2c1C. The molecule has 5 rings (SSSR count). The van der Waals surface area contributed by atoms with Crippen LogP contribution in [0.25, 0.3) is 10.2 Å². The maximum absolute atomic E-state index is 12.5. The summed E-state index contributed by atoms with van der Waals surface area (Å²) in [6.07, 6.45) is 2.25. The van der Waals surface area contributed by atoms with E-state index >= 15 is 0 Å². The molecule has 1 aromatic carbocycles. The van der Waals surface area contributed by atoms with E-state index in [0.29, 0.717) is 6.04 Å². The lowest BCUT2D eigenvalue weighted by Gasteiger charge is -2.38. The van der Waals surface area contributed by atoms with Gasteiger partial charge in [0.1, 0.15) is 16.5 Å². The number of amides is 1. The molecule has 2 fully saturated rings. The van der Waals surface area contributed by atoms with E-state index in [-0.39, 0.29) is 11.9 Å². The predicted octanol–water partition coefficient (Wildman–Crippen LogP) is 4.39. The van der Waals surface area contributed by atoms with Crippen LogP contribution < -0.4 is 10.2 Å². The summed E-state index contributed by atoms with van der Waals surface area (Å²) >= 11 is 3.54. The van der Waals surface area contributed by atoms with Gasteiger partial charge in [-0.15, -0.1) is 23.1 Å². The van der Waals surface area contributed by atoms with Crippen molar-refractivity contribution in [2.75, 3.05) is 31.1 Å². The second-order valence-corrected chi connectivity index (χ2v) is 11.3. The maximum Gasteiger partial charge on any atom is 0.237 e. The predicted molar refractivity (Wildman–Crippen MR) is 137 cm³/mol. The first-order chi connectivity index (χ1) is 16.0. The Kier molecular flexibility index (Phi) is 6.58. The molecule has 3 heterocycles. The number of carbonyl (C=O) groups is 1. The molecule has 0 radical (unpaired) electrons. The lowest BCUT2D eigenvalue weighted by Crippen LogP contribution is -2.54. The topological polar surface area (TPSA) is 61.4 Å². The van der Waals surface area contributed by atoms with Crippen molar-refractivity contribution >= 4 is 45.0 Å². The zero-order valence-corrected chi connectivity index (χ0v) is 21.1. The molecule has 2 aliphatic rings. The Balaban J connectivity index is 1.33. The van der Waals surface area contributed by atoms with Crippen LogP contribution in [-0.2, 0) is 10.5 Å². The molecule has 8 heteroatoms. The highest BCUT2D eigenvalue weighted by atomic mass is 32.2. The monoisotopic (exact) mass is 481 g/mol. The summed E-state index contributed by atoms with van der Waals surface area (Å²) in [5, 5.41) is 4.34. The number of benzene rings is 1. The maximum atomic E-state index is 12.5. The minimum atomic E-state index is -0.0823. The molecule has 1 aliphatic carbocycles. The molecule has 1 atom stereocenters. The fourth-order valence-corrected chi connectivity index (χ4v) is 6.08. The minimum Gasteiger partial charge on any atom is -0.353 e. The van der Waals surface area contributed by atoms with Crippen LogP contribution in [0.1, 0.15) is 36.0 Å². The third kappa shape index (κ3) is 5.03. The fraction of sp³-hybridized carbons (Fsp3) is 0.480. The Bertz CT molecular complexity index is 1140. The molecule has 0 bridgehead atoms. The Morgan fingerprint density at radius 2 is 1.88 bits per heavy atom. The molecule has 174 valence electrons. The Morgan fingerprint density at radius 1 is 1.15 bits per heavy atom. The van der Waals surface area contributed by atoms with E-state index in [0.717, 1.165) is 61.2 Å². The van der Waals surface area contributed by atoms with E-state index in [9.17, 15) is 4.79 Å². The first-order valence-electron chi connectivity index (χ1n) is 11.7. The van der Waals surface area contributed by atoms with E-state index in [4.69, 9.17) is 9.97 Å². The van der Waals surface area contributed by atoms with Gasteiger partial charge in [0.25, 0.3) is 0 Å². The number of nitrogens with zero attached hydrogens (tertiary/aromatic N) is 4. The summed E-state index contributed by atoms with van der Waals surface area (Å²) in [6, 6.07) is 10.8. The highest BCUT2D eigenvalue weighted by molar-refractivity contribution is 7.98. The number of thioether (sulfide) groups is 1. The van der Waals surface area contributed by atoms with Crippen LogP contribution in [0.5, 0.6) is 0 Å². The quantitative estimate of drug-likeness (QED) is 0.505. The first kappa shape index (κ1) is 22.6. The van der Waals surface area contributed by atoms with Crippen molar-refractivity contribution in [3.05, 3.63) is 46.6 Å². The molecular weight excluding hydrogens is 450 g/mol. The summed E-state index contributed by atoms with van der Waals surface area (Å²) in [6.45, 7) is 9.84. The molecule has 3 aromatic rings. The molecule has 33 heavy (non-hydrogen) atoms.